The third kappa shape index (κ3) is 2.67. The molecule has 1 atom stereocenters. The fraction of sp³-hybridized carbons (Fsp3) is 1.00. The van der Waals surface area contributed by atoms with Crippen molar-refractivity contribution in [1.29, 1.82) is 0 Å². The average molecular weight is 143 g/mol. The summed E-state index contributed by atoms with van der Waals surface area (Å²) in [7, 11) is 0. The van der Waals surface area contributed by atoms with Crippen LogP contribution in [0.25, 0.3) is 0 Å². The minimum Gasteiger partial charge on any atom is -0.396 e. The monoisotopic (exact) mass is 143 g/mol. The maximum Gasteiger partial charge on any atom is 0.0445 e. The lowest BCUT2D eigenvalue weighted by molar-refractivity contribution is 0.263. The van der Waals surface area contributed by atoms with Crippen molar-refractivity contribution in [1.82, 2.24) is 5.32 Å². The Morgan fingerprint density at radius 1 is 1.30 bits per heavy atom. The molecule has 0 aliphatic carbocycles. The Hall–Kier alpha value is -0.0800. The highest BCUT2D eigenvalue weighted by Gasteiger charge is 2.09. The van der Waals surface area contributed by atoms with Crippen molar-refractivity contribution in [3.8, 4) is 0 Å². The van der Waals surface area contributed by atoms with Gasteiger partial charge < -0.3 is 10.4 Å². The van der Waals surface area contributed by atoms with E-state index < -0.39 is 0 Å². The summed E-state index contributed by atoms with van der Waals surface area (Å²) < 4.78 is 0. The maximum absolute atomic E-state index is 8.67. The van der Waals surface area contributed by atoms with Crippen molar-refractivity contribution >= 4 is 0 Å². The Morgan fingerprint density at radius 3 is 3.00 bits per heavy atom. The van der Waals surface area contributed by atoms with Crippen molar-refractivity contribution in [3.05, 3.63) is 0 Å². The number of aliphatic hydroxyl groups excluding tert-OH is 1. The topological polar surface area (TPSA) is 32.3 Å². The van der Waals surface area contributed by atoms with Crippen LogP contribution in [0.15, 0.2) is 0 Å². The molecule has 0 aromatic heterocycles. The van der Waals surface area contributed by atoms with E-state index in [1.165, 1.54) is 25.7 Å². The summed E-state index contributed by atoms with van der Waals surface area (Å²) in [4.78, 5) is 0. The maximum atomic E-state index is 8.67. The van der Waals surface area contributed by atoms with Gasteiger partial charge in [0, 0.05) is 12.6 Å². The van der Waals surface area contributed by atoms with Gasteiger partial charge in [-0.05, 0) is 25.8 Å². The molecule has 0 unspecified atom stereocenters. The molecule has 2 heteroatoms. The first-order chi connectivity index (χ1) is 4.93. The smallest absolute Gasteiger partial charge is 0.0445 e. The molecule has 1 aliphatic rings. The standard InChI is InChI=1S/C8H17NO/c10-7-5-8-4-2-1-3-6-9-8/h8-10H,1-7H2/t8-/m1/s1. The zero-order valence-corrected chi connectivity index (χ0v) is 6.47. The average Bonchev–Trinajstić information content (AvgIpc) is 2.17. The highest BCUT2D eigenvalue weighted by atomic mass is 16.3. The quantitative estimate of drug-likeness (QED) is 0.602. The molecule has 0 bridgehead atoms. The lowest BCUT2D eigenvalue weighted by Gasteiger charge is -2.12. The Balaban J connectivity index is 2.15. The molecule has 0 aromatic rings. The molecule has 10 heavy (non-hydrogen) atoms. The summed E-state index contributed by atoms with van der Waals surface area (Å²) >= 11 is 0. The van der Waals surface area contributed by atoms with Gasteiger partial charge in [-0.1, -0.05) is 12.8 Å². The van der Waals surface area contributed by atoms with Crippen LogP contribution in [0.5, 0.6) is 0 Å². The van der Waals surface area contributed by atoms with Crippen LogP contribution in [-0.2, 0) is 0 Å². The van der Waals surface area contributed by atoms with Crippen LogP contribution in [0.2, 0.25) is 0 Å². The van der Waals surface area contributed by atoms with Crippen LogP contribution in [0.4, 0.5) is 0 Å². The van der Waals surface area contributed by atoms with Crippen molar-refractivity contribution in [2.75, 3.05) is 13.2 Å². The molecule has 0 aromatic carbocycles. The zero-order valence-electron chi connectivity index (χ0n) is 6.47. The summed E-state index contributed by atoms with van der Waals surface area (Å²) in [5, 5.41) is 12.1. The van der Waals surface area contributed by atoms with Crippen LogP contribution < -0.4 is 5.32 Å². The largest absolute Gasteiger partial charge is 0.396 e. The summed E-state index contributed by atoms with van der Waals surface area (Å²) in [6.45, 7) is 1.47. The number of hydrogen-bond donors (Lipinski definition) is 2. The first-order valence-corrected chi connectivity index (χ1v) is 4.27. The molecule has 2 N–H and O–H groups in total. The van der Waals surface area contributed by atoms with Gasteiger partial charge in [0.25, 0.3) is 0 Å². The number of hydrogen-bond acceptors (Lipinski definition) is 2. The van der Waals surface area contributed by atoms with Gasteiger partial charge in [0.1, 0.15) is 0 Å². The number of rotatable bonds is 2. The Bertz CT molecular complexity index is 77.3. The summed E-state index contributed by atoms with van der Waals surface area (Å²) in [6, 6.07) is 0.590. The highest BCUT2D eigenvalue weighted by molar-refractivity contribution is 4.69. The van der Waals surface area contributed by atoms with E-state index in [0.717, 1.165) is 13.0 Å². The van der Waals surface area contributed by atoms with Crippen molar-refractivity contribution < 1.29 is 5.11 Å². The lowest BCUT2D eigenvalue weighted by atomic mass is 10.1. The second-order valence-electron chi connectivity index (χ2n) is 3.01. The molecule has 1 fully saturated rings. The molecule has 60 valence electrons. The van der Waals surface area contributed by atoms with Gasteiger partial charge in [0.2, 0.25) is 0 Å². The normalized spacial score (nSPS) is 27.9. The van der Waals surface area contributed by atoms with Crippen LogP contribution >= 0.6 is 0 Å². The first kappa shape index (κ1) is 8.02. The molecular formula is C8H17NO. The molecule has 1 rings (SSSR count). The van der Waals surface area contributed by atoms with Gasteiger partial charge >= 0.3 is 0 Å². The summed E-state index contributed by atoms with van der Waals surface area (Å²) in [6.07, 6.45) is 6.18. The van der Waals surface area contributed by atoms with E-state index in [-0.39, 0.29) is 0 Å². The molecule has 2 nitrogen and oxygen atoms in total. The Kier molecular flexibility index (Phi) is 3.76. The molecular weight excluding hydrogens is 126 g/mol. The third-order valence-electron chi connectivity index (χ3n) is 2.14. The summed E-state index contributed by atoms with van der Waals surface area (Å²) in [5.41, 5.74) is 0. The minimum atomic E-state index is 0.331. The molecule has 1 aliphatic heterocycles. The molecule has 0 saturated carbocycles. The third-order valence-corrected chi connectivity index (χ3v) is 2.14. The van der Waals surface area contributed by atoms with E-state index in [4.69, 9.17) is 5.11 Å². The van der Waals surface area contributed by atoms with E-state index in [1.54, 1.807) is 0 Å². The highest BCUT2D eigenvalue weighted by Crippen LogP contribution is 2.09. The van der Waals surface area contributed by atoms with Crippen molar-refractivity contribution in [2.24, 2.45) is 0 Å². The van der Waals surface area contributed by atoms with E-state index in [2.05, 4.69) is 5.32 Å². The number of aliphatic hydroxyl groups is 1. The van der Waals surface area contributed by atoms with E-state index in [0.29, 0.717) is 12.6 Å². The Labute approximate surface area is 62.6 Å². The van der Waals surface area contributed by atoms with Crippen molar-refractivity contribution in [3.63, 3.8) is 0 Å². The molecule has 1 saturated heterocycles. The number of nitrogens with one attached hydrogen (secondary N) is 1. The van der Waals surface area contributed by atoms with Crippen molar-refractivity contribution in [2.45, 2.75) is 38.1 Å². The van der Waals surface area contributed by atoms with Crippen LogP contribution in [0.3, 0.4) is 0 Å². The second-order valence-corrected chi connectivity index (χ2v) is 3.01. The second kappa shape index (κ2) is 4.69. The molecule has 0 radical (unpaired) electrons. The van der Waals surface area contributed by atoms with Gasteiger partial charge in [-0.2, -0.15) is 0 Å². The van der Waals surface area contributed by atoms with Gasteiger partial charge in [-0.3, -0.25) is 0 Å². The Morgan fingerprint density at radius 2 is 2.20 bits per heavy atom. The SMILES string of the molecule is OCC[C@H]1CCCCCN1. The van der Waals surface area contributed by atoms with E-state index >= 15 is 0 Å². The molecule has 0 spiro atoms. The van der Waals surface area contributed by atoms with Gasteiger partial charge in [-0.15, -0.1) is 0 Å². The minimum absolute atomic E-state index is 0.331. The van der Waals surface area contributed by atoms with Gasteiger partial charge in [0.05, 0.1) is 0 Å². The van der Waals surface area contributed by atoms with Gasteiger partial charge in [0.15, 0.2) is 0 Å². The predicted octanol–water partition coefficient (Wildman–Crippen LogP) is 0.901. The fourth-order valence-electron chi connectivity index (χ4n) is 1.50. The van der Waals surface area contributed by atoms with E-state index in [1.807, 2.05) is 0 Å². The molecule has 0 amide bonds. The van der Waals surface area contributed by atoms with E-state index in [9.17, 15) is 0 Å². The van der Waals surface area contributed by atoms with Gasteiger partial charge in [-0.25, -0.2) is 0 Å². The zero-order chi connectivity index (χ0) is 7.23. The molecule has 1 heterocycles. The van der Waals surface area contributed by atoms with Crippen LogP contribution in [0, 0.1) is 0 Å². The van der Waals surface area contributed by atoms with Crippen LogP contribution in [-0.4, -0.2) is 24.3 Å². The predicted molar refractivity (Wildman–Crippen MR) is 42.0 cm³/mol. The first-order valence-electron chi connectivity index (χ1n) is 4.27. The fourth-order valence-corrected chi connectivity index (χ4v) is 1.50. The lowest BCUT2D eigenvalue weighted by Crippen LogP contribution is -2.28. The van der Waals surface area contributed by atoms with Crippen LogP contribution in [0.1, 0.15) is 32.1 Å². The summed E-state index contributed by atoms with van der Waals surface area (Å²) in [5.74, 6) is 0.